The molecule has 2 aliphatic rings. The summed E-state index contributed by atoms with van der Waals surface area (Å²) in [6.45, 7) is 3.08. The molecule has 116 valence electrons. The van der Waals surface area contributed by atoms with Gasteiger partial charge in [-0.15, -0.1) is 0 Å². The van der Waals surface area contributed by atoms with E-state index < -0.39 is 0 Å². The molecule has 1 aliphatic heterocycles. The molecule has 0 bridgehead atoms. The van der Waals surface area contributed by atoms with Gasteiger partial charge in [0, 0.05) is 45.7 Å². The third-order valence-electron chi connectivity index (χ3n) is 4.86. The normalized spacial score (nSPS) is 25.0. The molecular formula is C15H24N4O2. The van der Waals surface area contributed by atoms with Crippen LogP contribution in [0.25, 0.3) is 0 Å². The smallest absolute Gasteiger partial charge is 0.228 e. The van der Waals surface area contributed by atoms with Crippen LogP contribution in [0, 0.1) is 5.41 Å². The molecule has 1 amide bonds. The van der Waals surface area contributed by atoms with Crippen LogP contribution in [0.15, 0.2) is 12.4 Å². The number of carbonyl (C=O) groups excluding carboxylic acids is 1. The van der Waals surface area contributed by atoms with E-state index in [9.17, 15) is 4.79 Å². The molecule has 21 heavy (non-hydrogen) atoms. The summed E-state index contributed by atoms with van der Waals surface area (Å²) in [7, 11) is 3.79. The van der Waals surface area contributed by atoms with Crippen LogP contribution in [-0.4, -0.2) is 66.1 Å². The van der Waals surface area contributed by atoms with Crippen molar-refractivity contribution >= 4 is 5.91 Å². The highest BCUT2D eigenvalue weighted by atomic mass is 16.5. The Labute approximate surface area is 125 Å². The number of aromatic amines is 1. The van der Waals surface area contributed by atoms with E-state index in [1.54, 1.807) is 13.3 Å². The summed E-state index contributed by atoms with van der Waals surface area (Å²) in [6.07, 6.45) is 6.47. The van der Waals surface area contributed by atoms with E-state index >= 15 is 0 Å². The Hall–Kier alpha value is -1.40. The van der Waals surface area contributed by atoms with E-state index in [4.69, 9.17) is 4.74 Å². The van der Waals surface area contributed by atoms with E-state index in [0.29, 0.717) is 12.5 Å². The Morgan fingerprint density at radius 2 is 2.33 bits per heavy atom. The fraction of sp³-hybridized carbons (Fsp3) is 0.733. The van der Waals surface area contributed by atoms with Crippen molar-refractivity contribution in [1.82, 2.24) is 19.8 Å². The lowest BCUT2D eigenvalue weighted by molar-refractivity contribution is -0.140. The van der Waals surface area contributed by atoms with Crippen molar-refractivity contribution in [3.8, 4) is 0 Å². The maximum atomic E-state index is 12.8. The monoisotopic (exact) mass is 292 g/mol. The molecule has 6 heteroatoms. The number of imidazole rings is 1. The average molecular weight is 292 g/mol. The van der Waals surface area contributed by atoms with Gasteiger partial charge in [0.25, 0.3) is 0 Å². The maximum absolute atomic E-state index is 12.8. The van der Waals surface area contributed by atoms with Crippen LogP contribution in [0.5, 0.6) is 0 Å². The largest absolute Gasteiger partial charge is 0.385 e. The van der Waals surface area contributed by atoms with Gasteiger partial charge in [-0.2, -0.15) is 0 Å². The van der Waals surface area contributed by atoms with E-state index in [2.05, 4.69) is 21.9 Å². The number of H-pyrrole nitrogens is 1. The summed E-state index contributed by atoms with van der Waals surface area (Å²) < 4.78 is 5.16. The lowest BCUT2D eigenvalue weighted by Gasteiger charge is -2.40. The molecule has 0 spiro atoms. The molecule has 1 atom stereocenters. The number of carbonyl (C=O) groups is 1. The summed E-state index contributed by atoms with van der Waals surface area (Å²) in [4.78, 5) is 24.6. The van der Waals surface area contributed by atoms with Gasteiger partial charge in [0.15, 0.2) is 0 Å². The second-order valence-corrected chi connectivity index (χ2v) is 6.25. The third kappa shape index (κ3) is 2.82. The van der Waals surface area contributed by atoms with Crippen LogP contribution in [0.3, 0.4) is 0 Å². The predicted octanol–water partition coefficient (Wildman–Crippen LogP) is 1.04. The van der Waals surface area contributed by atoms with Gasteiger partial charge in [0.1, 0.15) is 5.82 Å². The Kier molecular flexibility index (Phi) is 3.99. The minimum Gasteiger partial charge on any atom is -0.385 e. The van der Waals surface area contributed by atoms with Crippen LogP contribution >= 0.6 is 0 Å². The fourth-order valence-electron chi connectivity index (χ4n) is 3.17. The van der Waals surface area contributed by atoms with Crippen molar-refractivity contribution in [2.45, 2.75) is 25.3 Å². The standard InChI is InChI=1S/C15H24N4O2/c1-18-8-9-19(11-12(18)13-16-6-7-17-13)14(20)15(3-4-15)5-10-21-2/h6-7,12H,3-5,8-11H2,1-2H3,(H,16,17)/t12-/m0/s1. The van der Waals surface area contributed by atoms with Gasteiger partial charge in [0.05, 0.1) is 11.5 Å². The van der Waals surface area contributed by atoms with Crippen molar-refractivity contribution in [2.75, 3.05) is 40.4 Å². The number of likely N-dealkylation sites (N-methyl/N-ethyl adjacent to an activating group) is 1. The molecule has 0 radical (unpaired) electrons. The molecule has 1 aromatic rings. The zero-order valence-corrected chi connectivity index (χ0v) is 12.8. The molecule has 2 fully saturated rings. The quantitative estimate of drug-likeness (QED) is 0.881. The fourth-order valence-corrected chi connectivity index (χ4v) is 3.17. The molecule has 2 heterocycles. The molecule has 1 saturated carbocycles. The van der Waals surface area contributed by atoms with E-state index in [-0.39, 0.29) is 11.5 Å². The zero-order chi connectivity index (χ0) is 14.9. The summed E-state index contributed by atoms with van der Waals surface area (Å²) in [6, 6.07) is 0.163. The third-order valence-corrected chi connectivity index (χ3v) is 4.86. The summed E-state index contributed by atoms with van der Waals surface area (Å²) in [5.74, 6) is 1.25. The van der Waals surface area contributed by atoms with Crippen LogP contribution in [0.2, 0.25) is 0 Å². The first-order valence-electron chi connectivity index (χ1n) is 7.64. The molecule has 1 aliphatic carbocycles. The summed E-state index contributed by atoms with van der Waals surface area (Å²) in [5.41, 5.74) is -0.139. The molecular weight excluding hydrogens is 268 g/mol. The minimum absolute atomic E-state index is 0.139. The van der Waals surface area contributed by atoms with E-state index in [0.717, 1.165) is 44.7 Å². The highest BCUT2D eigenvalue weighted by molar-refractivity contribution is 5.85. The number of hydrogen-bond acceptors (Lipinski definition) is 4. The topological polar surface area (TPSA) is 61.5 Å². The number of rotatable bonds is 5. The highest BCUT2D eigenvalue weighted by Gasteiger charge is 2.51. The van der Waals surface area contributed by atoms with Crippen molar-refractivity contribution in [3.05, 3.63) is 18.2 Å². The lowest BCUT2D eigenvalue weighted by Crippen LogP contribution is -2.51. The molecule has 6 nitrogen and oxygen atoms in total. The van der Waals surface area contributed by atoms with Gasteiger partial charge >= 0.3 is 0 Å². The number of amides is 1. The Morgan fingerprint density at radius 3 is 2.95 bits per heavy atom. The number of methoxy groups -OCH3 is 1. The van der Waals surface area contributed by atoms with Gasteiger partial charge in [-0.05, 0) is 26.3 Å². The van der Waals surface area contributed by atoms with Gasteiger partial charge in [-0.25, -0.2) is 4.98 Å². The summed E-state index contributed by atoms with van der Waals surface area (Å²) >= 11 is 0. The first-order chi connectivity index (χ1) is 10.2. The summed E-state index contributed by atoms with van der Waals surface area (Å²) in [5, 5.41) is 0. The second-order valence-electron chi connectivity index (χ2n) is 6.25. The molecule has 3 rings (SSSR count). The van der Waals surface area contributed by atoms with Crippen LogP contribution in [0.1, 0.15) is 31.1 Å². The van der Waals surface area contributed by atoms with Crippen molar-refractivity contribution in [1.29, 1.82) is 0 Å². The molecule has 0 unspecified atom stereocenters. The Morgan fingerprint density at radius 1 is 1.52 bits per heavy atom. The Bertz CT molecular complexity index is 484. The second kappa shape index (κ2) is 5.77. The molecule has 1 N–H and O–H groups in total. The number of piperazine rings is 1. The van der Waals surface area contributed by atoms with Gasteiger partial charge in [0.2, 0.25) is 5.91 Å². The van der Waals surface area contributed by atoms with Crippen LogP contribution in [0.4, 0.5) is 0 Å². The number of hydrogen-bond donors (Lipinski definition) is 1. The molecule has 0 aromatic carbocycles. The average Bonchev–Trinajstić information content (AvgIpc) is 3.09. The SMILES string of the molecule is COCCC1(C(=O)N2CCN(C)[C@H](c3ncc[nH]3)C2)CC1. The number of nitrogens with zero attached hydrogens (tertiary/aromatic N) is 3. The number of ether oxygens (including phenoxy) is 1. The molecule has 1 aromatic heterocycles. The first kappa shape index (κ1) is 14.5. The van der Waals surface area contributed by atoms with E-state index in [1.807, 2.05) is 11.1 Å². The zero-order valence-electron chi connectivity index (χ0n) is 12.8. The van der Waals surface area contributed by atoms with Crippen molar-refractivity contribution < 1.29 is 9.53 Å². The van der Waals surface area contributed by atoms with Crippen molar-refractivity contribution in [2.24, 2.45) is 5.41 Å². The Balaban J connectivity index is 1.67. The highest BCUT2D eigenvalue weighted by Crippen LogP contribution is 2.50. The lowest BCUT2D eigenvalue weighted by atomic mass is 9.99. The maximum Gasteiger partial charge on any atom is 0.228 e. The predicted molar refractivity (Wildman–Crippen MR) is 78.7 cm³/mol. The van der Waals surface area contributed by atoms with Crippen LogP contribution in [-0.2, 0) is 9.53 Å². The molecule has 1 saturated heterocycles. The van der Waals surface area contributed by atoms with Crippen molar-refractivity contribution in [3.63, 3.8) is 0 Å². The first-order valence-corrected chi connectivity index (χ1v) is 7.64. The number of aromatic nitrogens is 2. The van der Waals surface area contributed by atoms with Gasteiger partial charge in [-0.3, -0.25) is 9.69 Å². The van der Waals surface area contributed by atoms with Gasteiger partial charge in [-0.1, -0.05) is 0 Å². The number of nitrogens with one attached hydrogen (secondary N) is 1. The van der Waals surface area contributed by atoms with Gasteiger partial charge < -0.3 is 14.6 Å². The minimum atomic E-state index is -0.139. The van der Waals surface area contributed by atoms with E-state index in [1.165, 1.54) is 0 Å². The van der Waals surface area contributed by atoms with Crippen LogP contribution < -0.4 is 0 Å².